The largest absolute Gasteiger partial charge is 0.297 e. The minimum Gasteiger partial charge on any atom is -0.262 e. The van der Waals surface area contributed by atoms with Crippen molar-refractivity contribution in [2.24, 2.45) is 10.2 Å². The van der Waals surface area contributed by atoms with E-state index < -0.39 is 10.1 Å². The first kappa shape index (κ1) is 18.3. The average molecular weight is 358 g/mol. The molecule has 0 aliphatic heterocycles. The lowest BCUT2D eigenvalue weighted by Gasteiger charge is -2.08. The van der Waals surface area contributed by atoms with E-state index in [1.807, 2.05) is 6.92 Å². The van der Waals surface area contributed by atoms with Crippen molar-refractivity contribution in [3.63, 3.8) is 0 Å². The monoisotopic (exact) mass is 358 g/mol. The van der Waals surface area contributed by atoms with Gasteiger partial charge in [-0.3, -0.25) is 4.18 Å². The van der Waals surface area contributed by atoms with Crippen LogP contribution in [0.2, 0.25) is 0 Å². The molecule has 0 spiro atoms. The summed E-state index contributed by atoms with van der Waals surface area (Å²) in [7, 11) is -3.92. The smallest absolute Gasteiger partial charge is 0.262 e. The molecule has 0 saturated carbocycles. The quantitative estimate of drug-likeness (QED) is 0.307. The van der Waals surface area contributed by atoms with Crippen molar-refractivity contribution in [2.75, 3.05) is 0 Å². The number of azide groups is 2. The van der Waals surface area contributed by atoms with Crippen LogP contribution in [0.4, 0.5) is 5.69 Å². The van der Waals surface area contributed by atoms with Gasteiger partial charge in [-0.2, -0.15) is 8.42 Å². The van der Waals surface area contributed by atoms with Gasteiger partial charge in [0.25, 0.3) is 10.1 Å². The van der Waals surface area contributed by atoms with Crippen LogP contribution in [0.5, 0.6) is 0 Å². The number of hydrogen-bond acceptors (Lipinski definition) is 5. The zero-order valence-electron chi connectivity index (χ0n) is 13.3. The van der Waals surface area contributed by atoms with Crippen LogP contribution in [0.1, 0.15) is 16.7 Å². The predicted octanol–water partition coefficient (Wildman–Crippen LogP) is 4.65. The third-order valence-corrected chi connectivity index (χ3v) is 4.48. The maximum absolute atomic E-state index is 12.2. The number of aryl methyl sites for hydroxylation is 1. The molecule has 10 heteroatoms. The Morgan fingerprint density at radius 2 is 1.72 bits per heavy atom. The first-order chi connectivity index (χ1) is 11.9. The number of hydrogen-bond donors (Lipinski definition) is 0. The van der Waals surface area contributed by atoms with E-state index in [0.29, 0.717) is 11.1 Å². The number of benzene rings is 2. The highest BCUT2D eigenvalue weighted by Crippen LogP contribution is 2.21. The second-order valence-electron chi connectivity index (χ2n) is 5.12. The van der Waals surface area contributed by atoms with Crippen LogP contribution >= 0.6 is 0 Å². The Balaban J connectivity index is 2.23. The van der Waals surface area contributed by atoms with Crippen molar-refractivity contribution >= 4 is 15.8 Å². The Labute approximate surface area is 144 Å². The molecule has 0 N–H and O–H groups in total. The van der Waals surface area contributed by atoms with E-state index in [9.17, 15) is 8.42 Å². The van der Waals surface area contributed by atoms with Crippen molar-refractivity contribution in [3.8, 4) is 0 Å². The molecule has 0 radical (unpaired) electrons. The van der Waals surface area contributed by atoms with E-state index in [-0.39, 0.29) is 23.7 Å². The standard InChI is InChI=1S/C15H14N6O3S/c1-11-2-4-15(5-3-11)25(22,23)24-10-13-6-12(9-18-20-16)7-14(8-13)19-21-17/h2-8H,9-10H2,1H3. The number of nitrogens with zero attached hydrogens (tertiary/aromatic N) is 6. The van der Waals surface area contributed by atoms with Gasteiger partial charge in [0.2, 0.25) is 0 Å². The van der Waals surface area contributed by atoms with Gasteiger partial charge in [-0.25, -0.2) is 0 Å². The summed E-state index contributed by atoms with van der Waals surface area (Å²) in [4.78, 5) is 5.41. The SMILES string of the molecule is Cc1ccc(S(=O)(=O)OCc2cc(CN=[N+]=[N-])cc(N=[N+]=[N-])c2)cc1. The molecule has 2 aromatic carbocycles. The maximum Gasteiger partial charge on any atom is 0.297 e. The van der Waals surface area contributed by atoms with Crippen LogP contribution in [-0.2, 0) is 27.5 Å². The molecule has 9 nitrogen and oxygen atoms in total. The summed E-state index contributed by atoms with van der Waals surface area (Å²) in [5.74, 6) is 0. The Morgan fingerprint density at radius 3 is 2.36 bits per heavy atom. The molecule has 0 heterocycles. The summed E-state index contributed by atoms with van der Waals surface area (Å²) in [5, 5.41) is 6.92. The first-order valence-corrected chi connectivity index (χ1v) is 8.50. The molecule has 0 unspecified atom stereocenters. The molecule has 0 fully saturated rings. The first-order valence-electron chi connectivity index (χ1n) is 7.09. The van der Waals surface area contributed by atoms with Gasteiger partial charge in [0.15, 0.2) is 0 Å². The summed E-state index contributed by atoms with van der Waals surface area (Å²) in [6.07, 6.45) is 0. The van der Waals surface area contributed by atoms with Crippen LogP contribution in [0.15, 0.2) is 57.6 Å². The minimum atomic E-state index is -3.92. The molecule has 0 aromatic heterocycles. The fraction of sp³-hybridized carbons (Fsp3) is 0.200. The van der Waals surface area contributed by atoms with E-state index in [1.165, 1.54) is 18.2 Å². The highest BCUT2D eigenvalue weighted by molar-refractivity contribution is 7.86. The lowest BCUT2D eigenvalue weighted by Crippen LogP contribution is -2.06. The number of rotatable bonds is 7. The molecular weight excluding hydrogens is 344 g/mol. The second kappa shape index (κ2) is 8.18. The van der Waals surface area contributed by atoms with Crippen LogP contribution in [0.3, 0.4) is 0 Å². The molecule has 0 aliphatic carbocycles. The summed E-state index contributed by atoms with van der Waals surface area (Å²) in [6.45, 7) is 1.65. The molecule has 25 heavy (non-hydrogen) atoms. The van der Waals surface area contributed by atoms with Gasteiger partial charge in [-0.15, -0.1) is 0 Å². The molecule has 2 aromatic rings. The van der Waals surface area contributed by atoms with Crippen molar-refractivity contribution in [1.82, 2.24) is 0 Å². The zero-order valence-corrected chi connectivity index (χ0v) is 14.1. The fourth-order valence-corrected chi connectivity index (χ4v) is 2.96. The van der Waals surface area contributed by atoms with Crippen molar-refractivity contribution in [1.29, 1.82) is 0 Å². The molecule has 128 valence electrons. The van der Waals surface area contributed by atoms with E-state index in [1.54, 1.807) is 24.3 Å². The highest BCUT2D eigenvalue weighted by atomic mass is 32.2. The molecule has 0 amide bonds. The van der Waals surface area contributed by atoms with Gasteiger partial charge in [0.1, 0.15) is 0 Å². The summed E-state index contributed by atoms with van der Waals surface area (Å²) in [6, 6.07) is 11.0. The summed E-state index contributed by atoms with van der Waals surface area (Å²) >= 11 is 0. The lowest BCUT2D eigenvalue weighted by atomic mass is 10.1. The van der Waals surface area contributed by atoms with E-state index in [4.69, 9.17) is 15.2 Å². The maximum atomic E-state index is 12.2. The zero-order chi connectivity index (χ0) is 18.3. The Bertz CT molecular complexity index is 959. The highest BCUT2D eigenvalue weighted by Gasteiger charge is 2.15. The molecule has 2 rings (SSSR count). The third-order valence-electron chi connectivity index (χ3n) is 3.20. The fourth-order valence-electron chi connectivity index (χ4n) is 2.06. The van der Waals surface area contributed by atoms with Crippen LogP contribution in [-0.4, -0.2) is 8.42 Å². The normalized spacial score (nSPS) is 10.6. The van der Waals surface area contributed by atoms with E-state index in [2.05, 4.69) is 20.1 Å². The third kappa shape index (κ3) is 5.23. The molecule has 0 saturated heterocycles. The molecular formula is C15H14N6O3S. The summed E-state index contributed by atoms with van der Waals surface area (Å²) < 4.78 is 29.5. The van der Waals surface area contributed by atoms with Gasteiger partial charge in [-0.1, -0.05) is 34.0 Å². The van der Waals surface area contributed by atoms with Gasteiger partial charge >= 0.3 is 0 Å². The minimum absolute atomic E-state index is 0.0446. The summed E-state index contributed by atoms with van der Waals surface area (Å²) in [5.41, 5.74) is 19.2. The van der Waals surface area contributed by atoms with Gasteiger partial charge in [-0.05, 0) is 53.4 Å². The second-order valence-corrected chi connectivity index (χ2v) is 6.73. The molecule has 0 aliphatic rings. The molecule has 0 atom stereocenters. The van der Waals surface area contributed by atoms with Gasteiger partial charge in [0.05, 0.1) is 18.0 Å². The topological polar surface area (TPSA) is 141 Å². The lowest BCUT2D eigenvalue weighted by molar-refractivity contribution is 0.308. The van der Waals surface area contributed by atoms with Crippen molar-refractivity contribution < 1.29 is 12.6 Å². The molecule has 0 bridgehead atoms. The average Bonchev–Trinajstić information content (AvgIpc) is 2.59. The Morgan fingerprint density at radius 1 is 1.04 bits per heavy atom. The Hall–Kier alpha value is -3.03. The van der Waals surface area contributed by atoms with Gasteiger partial charge < -0.3 is 0 Å². The van der Waals surface area contributed by atoms with Gasteiger partial charge in [0, 0.05) is 15.5 Å². The predicted molar refractivity (Wildman–Crippen MR) is 91.3 cm³/mol. The van der Waals surface area contributed by atoms with Crippen LogP contribution < -0.4 is 0 Å². The van der Waals surface area contributed by atoms with E-state index >= 15 is 0 Å². The Kier molecular flexibility index (Phi) is 5.99. The van der Waals surface area contributed by atoms with E-state index in [0.717, 1.165) is 5.56 Å². The van der Waals surface area contributed by atoms with Crippen molar-refractivity contribution in [3.05, 3.63) is 80.0 Å². The van der Waals surface area contributed by atoms with Crippen molar-refractivity contribution in [2.45, 2.75) is 25.0 Å². The van der Waals surface area contributed by atoms with Crippen LogP contribution in [0.25, 0.3) is 20.9 Å². The van der Waals surface area contributed by atoms with Crippen LogP contribution in [0, 0.1) is 6.92 Å².